The molecule has 1 aliphatic rings. The molecule has 1 aromatic heterocycles. The van der Waals surface area contributed by atoms with Crippen LogP contribution in [0.25, 0.3) is 0 Å². The Hall–Kier alpha value is -0.300. The van der Waals surface area contributed by atoms with Gasteiger partial charge in [-0.3, -0.25) is 0 Å². The topological polar surface area (TPSA) is 40.6 Å². The lowest BCUT2D eigenvalue weighted by Crippen LogP contribution is -2.50. The number of anilines is 1. The van der Waals surface area contributed by atoms with Crippen LogP contribution in [0.2, 0.25) is 4.34 Å². The van der Waals surface area contributed by atoms with Crippen molar-refractivity contribution in [1.29, 1.82) is 0 Å². The molecule has 4 nitrogen and oxygen atoms in total. The van der Waals surface area contributed by atoms with Crippen LogP contribution in [0.3, 0.4) is 0 Å². The number of rotatable bonds is 1. The summed E-state index contributed by atoms with van der Waals surface area (Å²) < 4.78 is 26.5. The Labute approximate surface area is 104 Å². The molecule has 0 bridgehead atoms. The Kier molecular flexibility index (Phi) is 2.94. The first-order valence-electron chi connectivity index (χ1n) is 4.93. The van der Waals surface area contributed by atoms with E-state index in [0.29, 0.717) is 8.55 Å². The molecule has 0 fully saturated rings. The van der Waals surface area contributed by atoms with E-state index in [0.717, 1.165) is 23.6 Å². The summed E-state index contributed by atoms with van der Waals surface area (Å²) in [5.74, 6) is 0. The van der Waals surface area contributed by atoms with Crippen LogP contribution in [0, 0.1) is 0 Å². The van der Waals surface area contributed by atoms with Gasteiger partial charge in [0.15, 0.2) is 4.21 Å². The third kappa shape index (κ3) is 1.55. The zero-order valence-electron chi connectivity index (χ0n) is 9.27. The molecule has 0 saturated heterocycles. The fourth-order valence-corrected chi connectivity index (χ4v) is 5.25. The van der Waals surface area contributed by atoms with Crippen molar-refractivity contribution >= 4 is 38.6 Å². The van der Waals surface area contributed by atoms with Gasteiger partial charge in [-0.2, -0.15) is 4.31 Å². The summed E-state index contributed by atoms with van der Waals surface area (Å²) in [6.45, 7) is 4.62. The zero-order chi connectivity index (χ0) is 12.1. The fraction of sp³-hybridized carbons (Fsp3) is 0.556. The van der Waals surface area contributed by atoms with Crippen LogP contribution in [0.15, 0.2) is 10.3 Å². The number of fused-ring (bicyclic) bond motifs is 1. The van der Waals surface area contributed by atoms with E-state index in [1.807, 2.05) is 18.7 Å². The van der Waals surface area contributed by atoms with E-state index in [1.165, 1.54) is 4.31 Å². The number of thiophene rings is 1. The minimum atomic E-state index is -3.37. The summed E-state index contributed by atoms with van der Waals surface area (Å²) in [6.07, 6.45) is -0.173. The van der Waals surface area contributed by atoms with Crippen LogP contribution in [0.4, 0.5) is 5.69 Å². The molecule has 1 unspecified atom stereocenters. The molecule has 7 heteroatoms. The van der Waals surface area contributed by atoms with E-state index in [9.17, 15) is 8.42 Å². The maximum absolute atomic E-state index is 12.1. The van der Waals surface area contributed by atoms with Gasteiger partial charge in [-0.25, -0.2) is 8.42 Å². The molecule has 1 atom stereocenters. The highest BCUT2D eigenvalue weighted by molar-refractivity contribution is 7.91. The Morgan fingerprint density at radius 2 is 2.19 bits per heavy atom. The maximum Gasteiger partial charge on any atom is 0.256 e. The van der Waals surface area contributed by atoms with E-state index in [4.69, 9.17) is 11.6 Å². The third-order valence-electron chi connectivity index (χ3n) is 2.89. The molecule has 90 valence electrons. The van der Waals surface area contributed by atoms with Crippen LogP contribution in [0.1, 0.15) is 13.8 Å². The van der Waals surface area contributed by atoms with Crippen molar-refractivity contribution in [2.75, 3.05) is 18.5 Å². The van der Waals surface area contributed by atoms with Gasteiger partial charge in [0, 0.05) is 13.6 Å². The van der Waals surface area contributed by atoms with Crippen LogP contribution >= 0.6 is 22.9 Å². The van der Waals surface area contributed by atoms with Crippen LogP contribution < -0.4 is 4.90 Å². The lowest BCUT2D eigenvalue weighted by molar-refractivity contribution is 0.366. The van der Waals surface area contributed by atoms with E-state index in [2.05, 4.69) is 0 Å². The second-order valence-electron chi connectivity index (χ2n) is 3.66. The highest BCUT2D eigenvalue weighted by atomic mass is 35.5. The van der Waals surface area contributed by atoms with Crippen LogP contribution in [0.5, 0.6) is 0 Å². The summed E-state index contributed by atoms with van der Waals surface area (Å²) in [6, 6.07) is 1.73. The number of hydrogen-bond acceptors (Lipinski definition) is 4. The number of nitrogens with zero attached hydrogens (tertiary/aromatic N) is 2. The molecule has 0 aliphatic carbocycles. The van der Waals surface area contributed by atoms with Gasteiger partial charge in [0.05, 0.1) is 16.2 Å². The molecule has 2 heterocycles. The highest BCUT2D eigenvalue weighted by Crippen LogP contribution is 2.43. The van der Waals surface area contributed by atoms with Crippen LogP contribution in [-0.4, -0.2) is 32.5 Å². The Balaban J connectivity index is 2.68. The third-order valence-corrected chi connectivity index (χ3v) is 6.56. The second-order valence-corrected chi connectivity index (χ2v) is 7.54. The number of sulfonamides is 1. The first kappa shape index (κ1) is 12.2. The molecule has 0 saturated carbocycles. The maximum atomic E-state index is 12.1. The van der Waals surface area contributed by atoms with Gasteiger partial charge in [-0.05, 0) is 19.9 Å². The van der Waals surface area contributed by atoms with Gasteiger partial charge in [-0.15, -0.1) is 11.3 Å². The Morgan fingerprint density at radius 3 is 2.75 bits per heavy atom. The molecule has 0 radical (unpaired) electrons. The summed E-state index contributed by atoms with van der Waals surface area (Å²) in [5.41, 5.74) is 0.725. The van der Waals surface area contributed by atoms with E-state index in [1.54, 1.807) is 13.1 Å². The predicted molar refractivity (Wildman–Crippen MR) is 66.8 cm³/mol. The van der Waals surface area contributed by atoms with Crippen molar-refractivity contribution in [3.8, 4) is 0 Å². The van der Waals surface area contributed by atoms with E-state index >= 15 is 0 Å². The van der Waals surface area contributed by atoms with E-state index < -0.39 is 10.0 Å². The van der Waals surface area contributed by atoms with Gasteiger partial charge < -0.3 is 4.90 Å². The zero-order valence-corrected chi connectivity index (χ0v) is 11.7. The molecule has 0 N–H and O–H groups in total. The molecule has 0 spiro atoms. The van der Waals surface area contributed by atoms with E-state index in [-0.39, 0.29) is 6.17 Å². The van der Waals surface area contributed by atoms with Crippen molar-refractivity contribution in [1.82, 2.24) is 4.31 Å². The molecule has 1 aromatic rings. The van der Waals surface area contributed by atoms with Gasteiger partial charge in [0.25, 0.3) is 10.0 Å². The Bertz CT molecular complexity index is 512. The van der Waals surface area contributed by atoms with Crippen molar-refractivity contribution in [3.63, 3.8) is 0 Å². The molecule has 1 aliphatic heterocycles. The molecule has 2 rings (SSSR count). The lowest BCUT2D eigenvalue weighted by Gasteiger charge is -2.39. The minimum absolute atomic E-state index is 0.173. The number of halogens is 1. The largest absolute Gasteiger partial charge is 0.354 e. The van der Waals surface area contributed by atoms with Crippen molar-refractivity contribution in [2.24, 2.45) is 0 Å². The Morgan fingerprint density at radius 1 is 1.56 bits per heavy atom. The summed E-state index contributed by atoms with van der Waals surface area (Å²) in [5, 5.41) is 0. The lowest BCUT2D eigenvalue weighted by atomic mass is 10.3. The molecule has 0 aromatic carbocycles. The van der Waals surface area contributed by atoms with Gasteiger partial charge >= 0.3 is 0 Å². The van der Waals surface area contributed by atoms with Crippen LogP contribution in [-0.2, 0) is 10.0 Å². The summed E-state index contributed by atoms with van der Waals surface area (Å²) in [7, 11) is -1.77. The van der Waals surface area contributed by atoms with Gasteiger partial charge in [0.1, 0.15) is 0 Å². The van der Waals surface area contributed by atoms with Crippen molar-refractivity contribution < 1.29 is 8.42 Å². The average molecular weight is 281 g/mol. The normalized spacial score (nSPS) is 24.5. The van der Waals surface area contributed by atoms with Crippen molar-refractivity contribution in [3.05, 3.63) is 10.4 Å². The molecule has 0 amide bonds. The van der Waals surface area contributed by atoms with Gasteiger partial charge in [0.2, 0.25) is 0 Å². The second kappa shape index (κ2) is 3.87. The first-order valence-corrected chi connectivity index (χ1v) is 7.57. The summed E-state index contributed by atoms with van der Waals surface area (Å²) in [4.78, 5) is 2.03. The quantitative estimate of drug-likeness (QED) is 0.792. The standard InChI is InChI=1S/C9H13ClN2O2S2/c1-4-12-6(2)11(3)16(13,14)9-7(12)5-8(10)15-9/h5-6H,4H2,1-3H3. The minimum Gasteiger partial charge on any atom is -0.354 e. The SMILES string of the molecule is CCN1c2cc(Cl)sc2S(=O)(=O)N(C)C1C. The molecular formula is C9H13ClN2O2S2. The van der Waals surface area contributed by atoms with Gasteiger partial charge in [-0.1, -0.05) is 11.6 Å². The predicted octanol–water partition coefficient (Wildman–Crippen LogP) is 2.21. The molecular weight excluding hydrogens is 268 g/mol. The fourth-order valence-electron chi connectivity index (χ4n) is 1.89. The smallest absolute Gasteiger partial charge is 0.256 e. The monoisotopic (exact) mass is 280 g/mol. The summed E-state index contributed by atoms with van der Waals surface area (Å²) >= 11 is 7.02. The average Bonchev–Trinajstić information content (AvgIpc) is 2.59. The van der Waals surface area contributed by atoms with Crippen molar-refractivity contribution in [2.45, 2.75) is 24.2 Å². The molecule has 16 heavy (non-hydrogen) atoms. The number of hydrogen-bond donors (Lipinski definition) is 0. The first-order chi connectivity index (χ1) is 7.39. The highest BCUT2D eigenvalue weighted by Gasteiger charge is 2.39.